The Morgan fingerprint density at radius 2 is 2.07 bits per heavy atom. The fourth-order valence-corrected chi connectivity index (χ4v) is 4.54. The molecule has 4 rings (SSSR count). The zero-order valence-corrected chi connectivity index (χ0v) is 16.4. The first kappa shape index (κ1) is 19.1. The topological polar surface area (TPSA) is 109 Å². The Kier molecular flexibility index (Phi) is 5.01. The number of ether oxygens (including phenoxy) is 1. The summed E-state index contributed by atoms with van der Waals surface area (Å²) in [7, 11) is -3.74. The van der Waals surface area contributed by atoms with E-state index in [-0.39, 0.29) is 19.3 Å². The summed E-state index contributed by atoms with van der Waals surface area (Å²) in [6.07, 6.45) is 1.67. The number of hydrogen-bond donors (Lipinski definition) is 1. The predicted octanol–water partition coefficient (Wildman–Crippen LogP) is 2.56. The van der Waals surface area contributed by atoms with Gasteiger partial charge < -0.3 is 9.26 Å². The molecule has 9 nitrogen and oxygen atoms in total. The first-order valence-electron chi connectivity index (χ1n) is 8.99. The number of phosphoric acid groups is 1. The van der Waals surface area contributed by atoms with Crippen LogP contribution < -0.4 is 15.8 Å². The third kappa shape index (κ3) is 3.71. The molecular weight excluding hydrogens is 387 g/mol. The summed E-state index contributed by atoms with van der Waals surface area (Å²) in [5, 5.41) is 0. The molecule has 1 saturated heterocycles. The number of nitrogens with zero attached hydrogens (tertiary/aromatic N) is 1. The molecule has 0 amide bonds. The first-order valence-corrected chi connectivity index (χ1v) is 10.5. The van der Waals surface area contributed by atoms with Gasteiger partial charge in [0.2, 0.25) is 0 Å². The molecule has 0 spiro atoms. The molecule has 2 aliphatic heterocycles. The molecule has 150 valence electrons. The number of aryl methyl sites for hydroxylation is 1. The highest BCUT2D eigenvalue weighted by atomic mass is 31.2. The Morgan fingerprint density at radius 3 is 2.86 bits per heavy atom. The number of aromatic nitrogens is 2. The number of rotatable bonds is 4. The van der Waals surface area contributed by atoms with Crippen molar-refractivity contribution in [3.05, 3.63) is 61.9 Å². The minimum absolute atomic E-state index is 0.00601. The second kappa shape index (κ2) is 7.33. The molecule has 10 heteroatoms. The Labute approximate surface area is 160 Å². The minimum Gasteiger partial charge on any atom is -0.404 e. The molecule has 0 saturated carbocycles. The van der Waals surface area contributed by atoms with E-state index in [9.17, 15) is 14.2 Å². The van der Waals surface area contributed by atoms with Gasteiger partial charge in [0.15, 0.2) is 0 Å². The van der Waals surface area contributed by atoms with Gasteiger partial charge >= 0.3 is 13.5 Å². The highest BCUT2D eigenvalue weighted by Crippen LogP contribution is 2.55. The SMILES string of the molecule is Cc1ccc2c(c1C)COP(=O)(OCC1CCC(n3ccc(=O)[nH]c3=O)O1)O2. The van der Waals surface area contributed by atoms with Gasteiger partial charge in [-0.3, -0.25) is 23.4 Å². The zero-order chi connectivity index (χ0) is 19.9. The van der Waals surface area contributed by atoms with Crippen molar-refractivity contribution in [3.8, 4) is 5.75 Å². The van der Waals surface area contributed by atoms with E-state index in [4.69, 9.17) is 18.3 Å². The molecule has 0 bridgehead atoms. The van der Waals surface area contributed by atoms with E-state index < -0.39 is 25.3 Å². The number of phosphoric ester groups is 1. The minimum atomic E-state index is -3.74. The Bertz CT molecular complexity index is 1060. The summed E-state index contributed by atoms with van der Waals surface area (Å²) in [4.78, 5) is 25.2. The lowest BCUT2D eigenvalue weighted by atomic mass is 10.0. The fraction of sp³-hybridized carbons (Fsp3) is 0.444. The van der Waals surface area contributed by atoms with E-state index in [1.54, 1.807) is 6.07 Å². The van der Waals surface area contributed by atoms with Crippen LogP contribution in [0, 0.1) is 13.8 Å². The van der Waals surface area contributed by atoms with E-state index in [2.05, 4.69) is 4.98 Å². The van der Waals surface area contributed by atoms with Gasteiger partial charge in [0.1, 0.15) is 12.0 Å². The van der Waals surface area contributed by atoms with Crippen LogP contribution in [0.3, 0.4) is 0 Å². The number of fused-ring (bicyclic) bond motifs is 1. The summed E-state index contributed by atoms with van der Waals surface area (Å²) < 4.78 is 36.3. The number of benzene rings is 1. The molecule has 0 radical (unpaired) electrons. The lowest BCUT2D eigenvalue weighted by Crippen LogP contribution is -2.31. The van der Waals surface area contributed by atoms with Gasteiger partial charge in [-0.1, -0.05) is 6.07 Å². The van der Waals surface area contributed by atoms with Crippen LogP contribution in [-0.4, -0.2) is 22.3 Å². The van der Waals surface area contributed by atoms with Crippen LogP contribution in [-0.2, 0) is 25.0 Å². The Morgan fingerprint density at radius 1 is 1.25 bits per heavy atom. The van der Waals surface area contributed by atoms with Crippen molar-refractivity contribution in [2.45, 2.75) is 45.6 Å². The smallest absolute Gasteiger partial charge is 0.404 e. The molecule has 1 aromatic heterocycles. The Hall–Kier alpha value is -2.19. The van der Waals surface area contributed by atoms with Gasteiger partial charge in [-0.15, -0.1) is 0 Å². The molecule has 3 unspecified atom stereocenters. The quantitative estimate of drug-likeness (QED) is 0.775. The van der Waals surface area contributed by atoms with Crippen molar-refractivity contribution in [2.24, 2.45) is 0 Å². The molecule has 3 heterocycles. The molecule has 2 aromatic rings. The number of H-pyrrole nitrogens is 1. The Balaban J connectivity index is 1.38. The summed E-state index contributed by atoms with van der Waals surface area (Å²) in [6.45, 7) is 4.11. The average molecular weight is 408 g/mol. The first-order chi connectivity index (χ1) is 13.3. The molecule has 0 aliphatic carbocycles. The van der Waals surface area contributed by atoms with E-state index in [0.717, 1.165) is 16.7 Å². The van der Waals surface area contributed by atoms with Crippen molar-refractivity contribution in [1.82, 2.24) is 9.55 Å². The van der Waals surface area contributed by atoms with Gasteiger partial charge in [-0.05, 0) is 43.9 Å². The van der Waals surface area contributed by atoms with Gasteiger partial charge in [-0.25, -0.2) is 9.36 Å². The number of nitrogens with one attached hydrogen (secondary N) is 1. The maximum Gasteiger partial charge on any atom is 0.530 e. The third-order valence-corrected chi connectivity index (χ3v) is 6.40. The van der Waals surface area contributed by atoms with Crippen molar-refractivity contribution in [1.29, 1.82) is 0 Å². The van der Waals surface area contributed by atoms with Crippen molar-refractivity contribution < 1.29 is 22.9 Å². The van der Waals surface area contributed by atoms with Crippen molar-refractivity contribution >= 4 is 7.82 Å². The fourth-order valence-electron chi connectivity index (χ4n) is 3.31. The van der Waals surface area contributed by atoms with Crippen LogP contribution in [0.4, 0.5) is 0 Å². The lowest BCUT2D eigenvalue weighted by molar-refractivity contribution is -0.0264. The highest BCUT2D eigenvalue weighted by Gasteiger charge is 2.37. The molecule has 1 N–H and O–H groups in total. The summed E-state index contributed by atoms with van der Waals surface area (Å²) in [6, 6.07) is 4.93. The van der Waals surface area contributed by atoms with Crippen LogP contribution in [0.15, 0.2) is 34.0 Å². The molecule has 28 heavy (non-hydrogen) atoms. The van der Waals surface area contributed by atoms with Crippen LogP contribution >= 0.6 is 7.82 Å². The largest absolute Gasteiger partial charge is 0.530 e. The molecule has 2 aliphatic rings. The highest BCUT2D eigenvalue weighted by molar-refractivity contribution is 7.49. The van der Waals surface area contributed by atoms with Gasteiger partial charge in [-0.2, -0.15) is 0 Å². The number of aromatic amines is 1. The predicted molar refractivity (Wildman–Crippen MR) is 99.4 cm³/mol. The second-order valence-electron chi connectivity index (χ2n) is 6.90. The third-order valence-electron chi connectivity index (χ3n) is 5.07. The summed E-state index contributed by atoms with van der Waals surface area (Å²) in [5.41, 5.74) is 2.01. The van der Waals surface area contributed by atoms with E-state index in [1.807, 2.05) is 19.9 Å². The lowest BCUT2D eigenvalue weighted by Gasteiger charge is -2.27. The van der Waals surface area contributed by atoms with Gasteiger partial charge in [0.25, 0.3) is 5.56 Å². The summed E-state index contributed by atoms with van der Waals surface area (Å²) >= 11 is 0. The molecular formula is C18H21N2O7P. The van der Waals surface area contributed by atoms with Crippen LogP contribution in [0.5, 0.6) is 5.75 Å². The van der Waals surface area contributed by atoms with Gasteiger partial charge in [0.05, 0.1) is 19.3 Å². The maximum absolute atomic E-state index is 12.8. The standard InChI is InChI=1S/C18H21N2O7P/c1-11-3-5-15-14(12(11)2)10-25-28(23,27-15)24-9-13-4-6-17(26-13)20-8-7-16(21)19-18(20)22/h3,5,7-8,13,17H,4,6,9-10H2,1-2H3,(H,19,21,22). The van der Waals surface area contributed by atoms with E-state index in [0.29, 0.717) is 18.6 Å². The van der Waals surface area contributed by atoms with Crippen LogP contribution in [0.1, 0.15) is 35.8 Å². The zero-order valence-electron chi connectivity index (χ0n) is 15.5. The normalized spacial score (nSPS) is 26.6. The van der Waals surface area contributed by atoms with Crippen LogP contribution in [0.2, 0.25) is 0 Å². The van der Waals surface area contributed by atoms with E-state index >= 15 is 0 Å². The average Bonchev–Trinajstić information content (AvgIpc) is 3.12. The maximum atomic E-state index is 12.8. The molecule has 1 fully saturated rings. The summed E-state index contributed by atoms with van der Waals surface area (Å²) in [5.74, 6) is 0.502. The number of hydrogen-bond acceptors (Lipinski definition) is 7. The second-order valence-corrected chi connectivity index (χ2v) is 8.49. The molecule has 3 atom stereocenters. The van der Waals surface area contributed by atoms with Crippen molar-refractivity contribution in [2.75, 3.05) is 6.61 Å². The van der Waals surface area contributed by atoms with E-state index in [1.165, 1.54) is 16.8 Å². The monoisotopic (exact) mass is 408 g/mol. The van der Waals surface area contributed by atoms with Crippen LogP contribution in [0.25, 0.3) is 0 Å². The van der Waals surface area contributed by atoms with Crippen molar-refractivity contribution in [3.63, 3.8) is 0 Å². The van der Waals surface area contributed by atoms with Gasteiger partial charge in [0, 0.05) is 17.8 Å². The molecule has 1 aromatic carbocycles.